The van der Waals surface area contributed by atoms with Crippen LogP contribution in [0.15, 0.2) is 39.4 Å². The van der Waals surface area contributed by atoms with Gasteiger partial charge in [0.2, 0.25) is 0 Å². The van der Waals surface area contributed by atoms with Crippen molar-refractivity contribution >= 4 is 15.9 Å². The van der Waals surface area contributed by atoms with E-state index in [1.165, 1.54) is 13.2 Å². The van der Waals surface area contributed by atoms with Crippen LogP contribution in [0.2, 0.25) is 0 Å². The van der Waals surface area contributed by atoms with Gasteiger partial charge in [-0.2, -0.15) is 0 Å². The summed E-state index contributed by atoms with van der Waals surface area (Å²) in [6, 6.07) is 7.58. The third kappa shape index (κ3) is 2.50. The van der Waals surface area contributed by atoms with Crippen molar-refractivity contribution in [1.29, 1.82) is 0 Å². The van der Waals surface area contributed by atoms with E-state index in [0.29, 0.717) is 10.4 Å². The number of furan rings is 1. The Morgan fingerprint density at radius 2 is 2.12 bits per heavy atom. The lowest BCUT2D eigenvalue weighted by Crippen LogP contribution is -2.11. The molecule has 1 unspecified atom stereocenters. The van der Waals surface area contributed by atoms with E-state index in [1.807, 2.05) is 0 Å². The minimum atomic E-state index is -0.448. The second kappa shape index (κ2) is 4.89. The van der Waals surface area contributed by atoms with Crippen molar-refractivity contribution in [2.75, 3.05) is 7.11 Å². The fourth-order valence-electron chi connectivity index (χ4n) is 1.53. The zero-order chi connectivity index (χ0) is 12.4. The Balaban J connectivity index is 2.34. The maximum atomic E-state index is 13.2. The molecular formula is C12H11BrFNO2. The molecule has 0 amide bonds. The van der Waals surface area contributed by atoms with E-state index in [4.69, 9.17) is 14.9 Å². The molecule has 1 aromatic heterocycles. The summed E-state index contributed by atoms with van der Waals surface area (Å²) in [7, 11) is 1.41. The molecule has 0 spiro atoms. The molecule has 0 bridgehead atoms. The summed E-state index contributed by atoms with van der Waals surface area (Å²) in [6.45, 7) is 0. The van der Waals surface area contributed by atoms with Crippen molar-refractivity contribution in [1.82, 2.24) is 0 Å². The predicted molar refractivity (Wildman–Crippen MR) is 65.4 cm³/mol. The Labute approximate surface area is 106 Å². The van der Waals surface area contributed by atoms with Crippen molar-refractivity contribution in [2.24, 2.45) is 5.73 Å². The van der Waals surface area contributed by atoms with Crippen LogP contribution in [0.5, 0.6) is 5.75 Å². The van der Waals surface area contributed by atoms with Crippen LogP contribution in [0.3, 0.4) is 0 Å². The lowest BCUT2D eigenvalue weighted by molar-refractivity contribution is 0.385. The summed E-state index contributed by atoms with van der Waals surface area (Å²) in [4.78, 5) is 0. The lowest BCUT2D eigenvalue weighted by Gasteiger charge is -2.11. The first kappa shape index (κ1) is 12.1. The van der Waals surface area contributed by atoms with Crippen molar-refractivity contribution in [2.45, 2.75) is 6.04 Å². The van der Waals surface area contributed by atoms with Gasteiger partial charge in [-0.15, -0.1) is 0 Å². The molecule has 0 saturated carbocycles. The van der Waals surface area contributed by atoms with Crippen molar-refractivity contribution in [3.63, 3.8) is 0 Å². The molecule has 3 nitrogen and oxygen atoms in total. The minimum Gasteiger partial charge on any atom is -0.494 e. The number of hydrogen-bond donors (Lipinski definition) is 1. The summed E-state index contributed by atoms with van der Waals surface area (Å²) in [5.41, 5.74) is 6.74. The number of benzene rings is 1. The largest absolute Gasteiger partial charge is 0.494 e. The molecule has 17 heavy (non-hydrogen) atoms. The van der Waals surface area contributed by atoms with Gasteiger partial charge in [0.1, 0.15) is 5.76 Å². The van der Waals surface area contributed by atoms with E-state index in [-0.39, 0.29) is 5.75 Å². The Morgan fingerprint density at radius 3 is 2.71 bits per heavy atom. The topological polar surface area (TPSA) is 48.4 Å². The molecule has 2 N–H and O–H groups in total. The maximum absolute atomic E-state index is 13.2. The standard InChI is InChI=1S/C12H11BrFNO2/c1-16-10-6-7(2-3-8(10)14)12(15)9-4-5-11(13)17-9/h2-6,12H,15H2,1H3. The molecule has 1 aromatic carbocycles. The van der Waals surface area contributed by atoms with E-state index >= 15 is 0 Å². The zero-order valence-corrected chi connectivity index (χ0v) is 10.7. The first-order valence-electron chi connectivity index (χ1n) is 4.96. The van der Waals surface area contributed by atoms with Gasteiger partial charge >= 0.3 is 0 Å². The molecule has 0 aliphatic carbocycles. The van der Waals surface area contributed by atoms with E-state index < -0.39 is 11.9 Å². The molecule has 0 aliphatic heterocycles. The molecular weight excluding hydrogens is 289 g/mol. The Morgan fingerprint density at radius 1 is 1.35 bits per heavy atom. The van der Waals surface area contributed by atoms with Crippen LogP contribution in [0.1, 0.15) is 17.4 Å². The van der Waals surface area contributed by atoms with Crippen LogP contribution in [-0.2, 0) is 0 Å². The third-order valence-electron chi connectivity index (χ3n) is 2.43. The molecule has 5 heteroatoms. The molecule has 0 aliphatic rings. The van der Waals surface area contributed by atoms with Gasteiger partial charge in [-0.1, -0.05) is 6.07 Å². The number of methoxy groups -OCH3 is 1. The smallest absolute Gasteiger partial charge is 0.169 e. The van der Waals surface area contributed by atoms with Crippen molar-refractivity contribution < 1.29 is 13.5 Å². The highest BCUT2D eigenvalue weighted by Crippen LogP contribution is 2.27. The van der Waals surface area contributed by atoms with E-state index in [0.717, 1.165) is 5.56 Å². The van der Waals surface area contributed by atoms with Gasteiger partial charge in [0.25, 0.3) is 0 Å². The zero-order valence-electron chi connectivity index (χ0n) is 9.11. The van der Waals surface area contributed by atoms with E-state index in [1.54, 1.807) is 24.3 Å². The van der Waals surface area contributed by atoms with Crippen LogP contribution >= 0.6 is 15.9 Å². The van der Waals surface area contributed by atoms with Crippen LogP contribution in [0.4, 0.5) is 4.39 Å². The molecule has 1 atom stereocenters. The third-order valence-corrected chi connectivity index (χ3v) is 2.86. The van der Waals surface area contributed by atoms with Gasteiger partial charge in [0.05, 0.1) is 13.2 Å². The molecule has 2 aromatic rings. The fourth-order valence-corrected chi connectivity index (χ4v) is 1.85. The van der Waals surface area contributed by atoms with E-state index in [2.05, 4.69) is 15.9 Å². The van der Waals surface area contributed by atoms with Gasteiger partial charge in [0.15, 0.2) is 16.2 Å². The Kier molecular flexibility index (Phi) is 3.49. The number of hydrogen-bond acceptors (Lipinski definition) is 3. The summed E-state index contributed by atoms with van der Waals surface area (Å²) in [6.07, 6.45) is 0. The summed E-state index contributed by atoms with van der Waals surface area (Å²) >= 11 is 3.21. The van der Waals surface area contributed by atoms with Gasteiger partial charge in [-0.3, -0.25) is 0 Å². The highest BCUT2D eigenvalue weighted by atomic mass is 79.9. The molecule has 0 saturated heterocycles. The minimum absolute atomic E-state index is 0.170. The maximum Gasteiger partial charge on any atom is 0.169 e. The first-order chi connectivity index (χ1) is 8.11. The monoisotopic (exact) mass is 299 g/mol. The molecule has 90 valence electrons. The summed E-state index contributed by atoms with van der Waals surface area (Å²) in [5, 5.41) is 0. The normalized spacial score (nSPS) is 12.5. The van der Waals surface area contributed by atoms with Crippen LogP contribution < -0.4 is 10.5 Å². The van der Waals surface area contributed by atoms with Crippen molar-refractivity contribution in [3.05, 3.63) is 52.1 Å². The predicted octanol–water partition coefficient (Wildman–Crippen LogP) is 3.24. The summed E-state index contributed by atoms with van der Waals surface area (Å²) in [5.74, 6) is 0.359. The van der Waals surface area contributed by atoms with Crippen LogP contribution in [0, 0.1) is 5.82 Å². The number of nitrogens with two attached hydrogens (primary N) is 1. The van der Waals surface area contributed by atoms with Gasteiger partial charge in [-0.25, -0.2) is 4.39 Å². The van der Waals surface area contributed by atoms with Gasteiger partial charge in [0, 0.05) is 0 Å². The van der Waals surface area contributed by atoms with Gasteiger partial charge < -0.3 is 14.9 Å². The molecule has 0 radical (unpaired) electrons. The molecule has 0 fully saturated rings. The van der Waals surface area contributed by atoms with Crippen molar-refractivity contribution in [3.8, 4) is 5.75 Å². The Bertz CT molecular complexity index is 527. The first-order valence-corrected chi connectivity index (χ1v) is 5.75. The quantitative estimate of drug-likeness (QED) is 0.946. The van der Waals surface area contributed by atoms with Gasteiger partial charge in [-0.05, 0) is 45.8 Å². The highest BCUT2D eigenvalue weighted by Gasteiger charge is 2.15. The Hall–Kier alpha value is -1.33. The van der Waals surface area contributed by atoms with Crippen LogP contribution in [0.25, 0.3) is 0 Å². The van der Waals surface area contributed by atoms with E-state index in [9.17, 15) is 4.39 Å². The second-order valence-corrected chi connectivity index (χ2v) is 4.30. The molecule has 1 heterocycles. The number of rotatable bonds is 3. The summed E-state index contributed by atoms with van der Waals surface area (Å²) < 4.78 is 24.1. The SMILES string of the molecule is COc1cc(C(N)c2ccc(Br)o2)ccc1F. The second-order valence-electron chi connectivity index (χ2n) is 3.51. The highest BCUT2D eigenvalue weighted by molar-refractivity contribution is 9.10. The molecule has 2 rings (SSSR count). The number of ether oxygens (including phenoxy) is 1. The fraction of sp³-hybridized carbons (Fsp3) is 0.167. The lowest BCUT2D eigenvalue weighted by atomic mass is 10.1. The average Bonchev–Trinajstić information content (AvgIpc) is 2.75. The average molecular weight is 300 g/mol. The van der Waals surface area contributed by atoms with Crippen LogP contribution in [-0.4, -0.2) is 7.11 Å². The number of halogens is 2.